The van der Waals surface area contributed by atoms with Crippen LogP contribution in [0.25, 0.3) is 0 Å². The molecule has 1 aliphatic rings. The van der Waals surface area contributed by atoms with Gasteiger partial charge in [-0.2, -0.15) is 3.89 Å². The van der Waals surface area contributed by atoms with Gasteiger partial charge in [0.25, 0.3) is 0 Å². The fourth-order valence-corrected chi connectivity index (χ4v) is 5.57. The summed E-state index contributed by atoms with van der Waals surface area (Å²) in [7, 11) is 2.62. The Morgan fingerprint density at radius 1 is 1.15 bits per heavy atom. The largest absolute Gasteiger partial charge is 0.480 e. The number of ether oxygens (including phenoxy) is 1. The lowest BCUT2D eigenvalue weighted by atomic mass is 10.2. The summed E-state index contributed by atoms with van der Waals surface area (Å²) in [4.78, 5) is 23.7. The number of carbonyl (C=O) groups is 2. The van der Waals surface area contributed by atoms with Crippen LogP contribution in [0.2, 0.25) is 0 Å². The molecule has 7 heteroatoms. The first-order valence-corrected chi connectivity index (χ1v) is 11.0. The molecule has 142 valence electrons. The lowest BCUT2D eigenvalue weighted by molar-refractivity contribution is -0.719. The summed E-state index contributed by atoms with van der Waals surface area (Å²) in [6.07, 6.45) is 1.38. The fourth-order valence-electron chi connectivity index (χ4n) is 2.86. The molecule has 3 rings (SSSR count). The molecule has 0 bridgehead atoms. The number of carboxylic acids is 1. The van der Waals surface area contributed by atoms with Crippen molar-refractivity contribution in [1.82, 2.24) is 0 Å². The van der Waals surface area contributed by atoms with E-state index in [0.29, 0.717) is 13.0 Å². The number of carbonyl (C=O) groups excluding carboxylic acids is 1. The SMILES string of the molecule is CC(SS[N+]1(Cc2ccc(Oc3ccccc3)cc2)CCCC1=O)C(=O)O. The molecule has 1 heterocycles. The van der Waals surface area contributed by atoms with E-state index in [0.717, 1.165) is 30.0 Å². The molecule has 2 aromatic rings. The third-order valence-electron chi connectivity index (χ3n) is 4.38. The predicted octanol–water partition coefficient (Wildman–Crippen LogP) is 4.89. The van der Waals surface area contributed by atoms with Gasteiger partial charge in [0.05, 0.1) is 13.0 Å². The smallest absolute Gasteiger partial charge is 0.326 e. The van der Waals surface area contributed by atoms with Gasteiger partial charge in [-0.05, 0) is 54.1 Å². The summed E-state index contributed by atoms with van der Waals surface area (Å²) in [5.41, 5.74) is 1.03. The number of aliphatic carboxylic acids is 1. The van der Waals surface area contributed by atoms with E-state index < -0.39 is 11.2 Å². The average molecular weight is 405 g/mol. The molecular weight excluding hydrogens is 382 g/mol. The van der Waals surface area contributed by atoms with Gasteiger partial charge >= 0.3 is 11.9 Å². The van der Waals surface area contributed by atoms with Gasteiger partial charge in [-0.1, -0.05) is 18.2 Å². The summed E-state index contributed by atoms with van der Waals surface area (Å²) in [6, 6.07) is 17.3. The number of quaternary nitrogens is 1. The second kappa shape index (κ2) is 8.82. The molecular formula is C20H22NO4S2+. The van der Waals surface area contributed by atoms with Crippen LogP contribution in [-0.4, -0.2) is 32.7 Å². The lowest BCUT2D eigenvalue weighted by Gasteiger charge is -2.28. The molecule has 1 saturated heterocycles. The van der Waals surface area contributed by atoms with Gasteiger partial charge in [0, 0.05) is 12.0 Å². The topological polar surface area (TPSA) is 63.6 Å². The molecule has 1 N–H and O–H groups in total. The van der Waals surface area contributed by atoms with Crippen LogP contribution in [0.4, 0.5) is 0 Å². The normalized spacial score (nSPS) is 20.4. The number of likely N-dealkylation sites (tertiary alicyclic amines) is 1. The zero-order valence-electron chi connectivity index (χ0n) is 15.0. The number of benzene rings is 2. The lowest BCUT2D eigenvalue weighted by Crippen LogP contribution is -2.41. The fraction of sp³-hybridized carbons (Fsp3) is 0.300. The highest BCUT2D eigenvalue weighted by Gasteiger charge is 2.44. The Bertz CT molecular complexity index is 797. The number of amides is 1. The highest BCUT2D eigenvalue weighted by atomic mass is 33.1. The molecule has 0 spiro atoms. The quantitative estimate of drug-likeness (QED) is 0.384. The molecule has 27 heavy (non-hydrogen) atoms. The van der Waals surface area contributed by atoms with E-state index >= 15 is 0 Å². The van der Waals surface area contributed by atoms with Crippen LogP contribution in [0, 0.1) is 0 Å². The highest BCUT2D eigenvalue weighted by Crippen LogP contribution is 2.43. The van der Waals surface area contributed by atoms with Crippen molar-refractivity contribution in [3.05, 3.63) is 60.2 Å². The molecule has 5 nitrogen and oxygen atoms in total. The Balaban J connectivity index is 1.68. The molecule has 0 saturated carbocycles. The number of nitrogens with zero attached hydrogens (tertiary/aromatic N) is 1. The van der Waals surface area contributed by atoms with Gasteiger partial charge in [0.15, 0.2) is 11.0 Å². The zero-order chi connectivity index (χ0) is 19.3. The number of hydrogen-bond donors (Lipinski definition) is 1. The van der Waals surface area contributed by atoms with Gasteiger partial charge in [-0.3, -0.25) is 4.79 Å². The van der Waals surface area contributed by atoms with E-state index in [1.165, 1.54) is 21.8 Å². The summed E-state index contributed by atoms with van der Waals surface area (Å²) in [5, 5.41) is 8.55. The zero-order valence-corrected chi connectivity index (χ0v) is 16.7. The van der Waals surface area contributed by atoms with Crippen LogP contribution in [0.15, 0.2) is 54.6 Å². The second-order valence-electron chi connectivity index (χ2n) is 6.48. The predicted molar refractivity (Wildman–Crippen MR) is 108 cm³/mol. The maximum absolute atomic E-state index is 12.6. The van der Waals surface area contributed by atoms with Crippen LogP contribution in [0.5, 0.6) is 11.5 Å². The molecule has 1 amide bonds. The number of rotatable bonds is 8. The van der Waals surface area contributed by atoms with E-state index in [2.05, 4.69) is 0 Å². The Hall–Kier alpha value is -1.96. The maximum Gasteiger partial charge on any atom is 0.326 e. The van der Waals surface area contributed by atoms with E-state index in [4.69, 9.17) is 9.84 Å². The molecule has 1 aliphatic heterocycles. The molecule has 2 atom stereocenters. The summed E-state index contributed by atoms with van der Waals surface area (Å²) < 4.78 is 6.05. The van der Waals surface area contributed by atoms with Crippen molar-refractivity contribution in [2.45, 2.75) is 31.6 Å². The van der Waals surface area contributed by atoms with Crippen LogP contribution >= 0.6 is 21.8 Å². The highest BCUT2D eigenvalue weighted by molar-refractivity contribution is 8.75. The van der Waals surface area contributed by atoms with Crippen molar-refractivity contribution in [3.63, 3.8) is 0 Å². The third-order valence-corrected chi connectivity index (χ3v) is 7.74. The van der Waals surface area contributed by atoms with Gasteiger partial charge in [0.2, 0.25) is 0 Å². The van der Waals surface area contributed by atoms with E-state index in [1.807, 2.05) is 54.6 Å². The minimum Gasteiger partial charge on any atom is -0.480 e. The molecule has 1 fully saturated rings. The molecule has 0 radical (unpaired) electrons. The van der Waals surface area contributed by atoms with E-state index in [1.54, 1.807) is 6.92 Å². The van der Waals surface area contributed by atoms with Gasteiger partial charge < -0.3 is 9.84 Å². The Labute approximate surface area is 166 Å². The number of hydrogen-bond acceptors (Lipinski definition) is 5. The van der Waals surface area contributed by atoms with Crippen LogP contribution in [-0.2, 0) is 16.1 Å². The second-order valence-corrected chi connectivity index (χ2v) is 9.25. The Kier molecular flexibility index (Phi) is 6.46. The monoisotopic (exact) mass is 404 g/mol. The summed E-state index contributed by atoms with van der Waals surface area (Å²) in [5.74, 6) is 0.818. The van der Waals surface area contributed by atoms with Crippen molar-refractivity contribution in [2.24, 2.45) is 0 Å². The summed E-state index contributed by atoms with van der Waals surface area (Å²) >= 11 is 0. The minimum atomic E-state index is -0.861. The van der Waals surface area contributed by atoms with Crippen LogP contribution in [0.1, 0.15) is 25.3 Å². The van der Waals surface area contributed by atoms with Crippen molar-refractivity contribution in [3.8, 4) is 11.5 Å². The van der Waals surface area contributed by atoms with Crippen molar-refractivity contribution in [2.75, 3.05) is 6.54 Å². The Morgan fingerprint density at radius 2 is 1.81 bits per heavy atom. The number of carboxylic acid groups (broad SMARTS) is 1. The molecule has 2 unspecified atom stereocenters. The Morgan fingerprint density at radius 3 is 2.41 bits per heavy atom. The molecule has 0 aliphatic carbocycles. The molecule has 0 aromatic heterocycles. The minimum absolute atomic E-state index is 0.162. The van der Waals surface area contributed by atoms with E-state index in [9.17, 15) is 9.59 Å². The van der Waals surface area contributed by atoms with Crippen LogP contribution < -0.4 is 4.74 Å². The first-order valence-electron chi connectivity index (χ1n) is 8.79. The maximum atomic E-state index is 12.6. The van der Waals surface area contributed by atoms with Gasteiger partial charge in [-0.15, -0.1) is 0 Å². The standard InChI is InChI=1S/C20H21NO4S2/c1-15(20(23)24)26-27-21(13-5-8-19(21)22)14-16-9-11-18(12-10-16)25-17-6-3-2-4-7-17/h2-4,6-7,9-12,15H,5,8,13-14H2,1H3/p+1. The van der Waals surface area contributed by atoms with Crippen LogP contribution in [0.3, 0.4) is 0 Å². The molecule has 2 aromatic carbocycles. The third kappa shape index (κ3) is 5.06. The van der Waals surface area contributed by atoms with Gasteiger partial charge in [-0.25, -0.2) is 4.79 Å². The van der Waals surface area contributed by atoms with Gasteiger partial charge in [0.1, 0.15) is 23.3 Å². The first kappa shape index (κ1) is 19.8. The van der Waals surface area contributed by atoms with Crippen molar-refractivity contribution < 1.29 is 23.3 Å². The summed E-state index contributed by atoms with van der Waals surface area (Å²) in [6.45, 7) is 2.92. The van der Waals surface area contributed by atoms with E-state index in [-0.39, 0.29) is 9.80 Å². The first-order chi connectivity index (χ1) is 13.0. The van der Waals surface area contributed by atoms with Crippen molar-refractivity contribution >= 4 is 33.7 Å². The average Bonchev–Trinajstić information content (AvgIpc) is 3.02. The van der Waals surface area contributed by atoms with Crippen molar-refractivity contribution in [1.29, 1.82) is 0 Å². The number of para-hydroxylation sites is 1.